The Morgan fingerprint density at radius 1 is 0.632 bits per heavy atom. The Morgan fingerprint density at radius 3 is 2.39 bits per heavy atom. The minimum absolute atomic E-state index is 0.694. The number of benzene rings is 4. The molecule has 1 aliphatic heterocycles. The summed E-state index contributed by atoms with van der Waals surface area (Å²) in [5, 5.41) is 6.91. The Hall–Kier alpha value is -5.36. The molecule has 0 fully saturated rings. The van der Waals surface area contributed by atoms with Crippen molar-refractivity contribution in [1.82, 2.24) is 19.3 Å². The summed E-state index contributed by atoms with van der Waals surface area (Å²) >= 11 is 0. The maximum Gasteiger partial charge on any atom is 0.153 e. The number of nitrogens with zero attached hydrogens (tertiary/aromatic N) is 4. The van der Waals surface area contributed by atoms with Crippen molar-refractivity contribution in [2.75, 3.05) is 0 Å². The highest BCUT2D eigenvalue weighted by atomic mass is 16.5. The minimum atomic E-state index is 0.694. The van der Waals surface area contributed by atoms with Crippen LogP contribution in [0, 0.1) is 0 Å². The highest BCUT2D eigenvalue weighted by molar-refractivity contribution is 6.09. The fourth-order valence-corrected chi connectivity index (χ4v) is 5.28. The lowest BCUT2D eigenvalue weighted by molar-refractivity contribution is 0.469. The predicted octanol–water partition coefficient (Wildman–Crippen LogP) is 7.93. The molecule has 4 aromatic carbocycles. The van der Waals surface area contributed by atoms with Crippen molar-refractivity contribution < 1.29 is 9.47 Å². The summed E-state index contributed by atoms with van der Waals surface area (Å²) in [6.45, 7) is 0. The highest BCUT2D eigenvalue weighted by Crippen LogP contribution is 2.42. The van der Waals surface area contributed by atoms with Gasteiger partial charge in [-0.05, 0) is 60.7 Å². The Kier molecular flexibility index (Phi) is 4.42. The molecule has 6 heteroatoms. The maximum atomic E-state index is 6.42. The van der Waals surface area contributed by atoms with Crippen molar-refractivity contribution in [2.45, 2.75) is 0 Å². The molecular formula is C32H20N4O2. The van der Waals surface area contributed by atoms with E-state index in [-0.39, 0.29) is 0 Å². The van der Waals surface area contributed by atoms with Gasteiger partial charge in [0.25, 0.3) is 0 Å². The first-order chi connectivity index (χ1) is 18.8. The second kappa shape index (κ2) is 8.08. The quantitative estimate of drug-likeness (QED) is 0.251. The summed E-state index contributed by atoms with van der Waals surface area (Å²) in [5.74, 6) is 3.81. The van der Waals surface area contributed by atoms with E-state index in [0.29, 0.717) is 5.75 Å². The van der Waals surface area contributed by atoms with Gasteiger partial charge in [0.05, 0.1) is 22.9 Å². The number of ether oxygens (including phenoxy) is 2. The standard InChI is InChI=1S/C32H20N4O2/c1-3-9-26-23(7-1)24-14-12-21(19-28(24)35(26)32-11-5-6-17-33-32)37-22-13-15-31-29(20-22)36-27(16-18-34-36)25-8-2-4-10-30(25)38-31/h1-20H. The molecule has 0 amide bonds. The zero-order chi connectivity index (χ0) is 25.1. The fourth-order valence-electron chi connectivity index (χ4n) is 5.28. The van der Waals surface area contributed by atoms with E-state index in [2.05, 4.69) is 51.0 Å². The summed E-state index contributed by atoms with van der Waals surface area (Å²) in [7, 11) is 0. The van der Waals surface area contributed by atoms with Gasteiger partial charge in [0.2, 0.25) is 0 Å². The summed E-state index contributed by atoms with van der Waals surface area (Å²) in [4.78, 5) is 4.62. The largest absolute Gasteiger partial charge is 0.457 e. The molecule has 0 aliphatic carbocycles. The Labute approximate surface area is 217 Å². The van der Waals surface area contributed by atoms with Gasteiger partial charge >= 0.3 is 0 Å². The van der Waals surface area contributed by atoms with Gasteiger partial charge in [0.1, 0.15) is 28.8 Å². The van der Waals surface area contributed by atoms with Gasteiger partial charge in [-0.3, -0.25) is 4.57 Å². The van der Waals surface area contributed by atoms with E-state index in [1.165, 1.54) is 5.39 Å². The molecule has 0 spiro atoms. The lowest BCUT2D eigenvalue weighted by atomic mass is 10.1. The Morgan fingerprint density at radius 2 is 1.45 bits per heavy atom. The van der Waals surface area contributed by atoms with Gasteiger partial charge in [0.15, 0.2) is 5.75 Å². The molecule has 4 heterocycles. The second-order valence-electron chi connectivity index (χ2n) is 9.18. The first-order valence-corrected chi connectivity index (χ1v) is 12.4. The van der Waals surface area contributed by atoms with E-state index in [1.54, 1.807) is 6.20 Å². The number of rotatable bonds is 3. The van der Waals surface area contributed by atoms with Crippen molar-refractivity contribution in [3.8, 4) is 45.8 Å². The van der Waals surface area contributed by atoms with Crippen LogP contribution in [0.1, 0.15) is 0 Å². The van der Waals surface area contributed by atoms with E-state index in [0.717, 1.165) is 56.4 Å². The molecule has 0 atom stereocenters. The second-order valence-corrected chi connectivity index (χ2v) is 9.18. The maximum absolute atomic E-state index is 6.42. The van der Waals surface area contributed by atoms with Crippen LogP contribution in [0.15, 0.2) is 122 Å². The molecule has 0 bridgehead atoms. The van der Waals surface area contributed by atoms with Crippen LogP contribution in [-0.4, -0.2) is 19.3 Å². The molecular weight excluding hydrogens is 472 g/mol. The van der Waals surface area contributed by atoms with E-state index in [9.17, 15) is 0 Å². The summed E-state index contributed by atoms with van der Waals surface area (Å²) in [5.41, 5.74) is 4.92. The first kappa shape index (κ1) is 20.8. The number of aromatic nitrogens is 4. The molecule has 6 nitrogen and oxygen atoms in total. The summed E-state index contributed by atoms with van der Waals surface area (Å²) < 4.78 is 16.8. The summed E-state index contributed by atoms with van der Waals surface area (Å²) in [6, 6.07) is 36.3. The lowest BCUT2D eigenvalue weighted by Gasteiger charge is -2.12. The molecule has 7 aromatic rings. The molecule has 1 aliphatic rings. The van der Waals surface area contributed by atoms with Gasteiger partial charge < -0.3 is 9.47 Å². The van der Waals surface area contributed by atoms with Crippen LogP contribution in [0.2, 0.25) is 0 Å². The van der Waals surface area contributed by atoms with E-state index in [1.807, 2.05) is 83.7 Å². The number of pyridine rings is 1. The Balaban J connectivity index is 1.24. The van der Waals surface area contributed by atoms with Crippen molar-refractivity contribution in [2.24, 2.45) is 0 Å². The topological polar surface area (TPSA) is 54.1 Å². The van der Waals surface area contributed by atoms with Gasteiger partial charge in [-0.2, -0.15) is 5.10 Å². The highest BCUT2D eigenvalue weighted by Gasteiger charge is 2.21. The third-order valence-corrected chi connectivity index (χ3v) is 6.94. The van der Waals surface area contributed by atoms with Crippen LogP contribution < -0.4 is 9.47 Å². The molecule has 3 aromatic heterocycles. The molecule has 0 unspecified atom stereocenters. The van der Waals surface area contributed by atoms with E-state index in [4.69, 9.17) is 9.47 Å². The Bertz CT molecular complexity index is 1990. The normalized spacial score (nSPS) is 11.9. The van der Waals surface area contributed by atoms with Crippen molar-refractivity contribution in [3.63, 3.8) is 0 Å². The van der Waals surface area contributed by atoms with Crippen molar-refractivity contribution in [1.29, 1.82) is 0 Å². The third-order valence-electron chi connectivity index (χ3n) is 6.94. The average molecular weight is 493 g/mol. The zero-order valence-electron chi connectivity index (χ0n) is 20.2. The SMILES string of the molecule is c1ccc(-n2c3ccccc3c3ccc(Oc4ccc5c(c4)-n4nccc4-c4ccccc4O5)cc32)nc1. The first-order valence-electron chi connectivity index (χ1n) is 12.4. The van der Waals surface area contributed by atoms with Crippen LogP contribution in [-0.2, 0) is 0 Å². The molecule has 38 heavy (non-hydrogen) atoms. The van der Waals surface area contributed by atoms with Crippen LogP contribution in [0.25, 0.3) is 44.6 Å². The number of hydrogen-bond acceptors (Lipinski definition) is 4. The van der Waals surface area contributed by atoms with Crippen LogP contribution >= 0.6 is 0 Å². The van der Waals surface area contributed by atoms with Gasteiger partial charge in [-0.15, -0.1) is 0 Å². The lowest BCUT2D eigenvalue weighted by Crippen LogP contribution is -1.99. The van der Waals surface area contributed by atoms with Crippen molar-refractivity contribution in [3.05, 3.63) is 122 Å². The van der Waals surface area contributed by atoms with E-state index >= 15 is 0 Å². The number of para-hydroxylation sites is 2. The molecule has 0 radical (unpaired) electrons. The minimum Gasteiger partial charge on any atom is -0.457 e. The molecule has 0 N–H and O–H groups in total. The van der Waals surface area contributed by atoms with Crippen molar-refractivity contribution >= 4 is 21.8 Å². The van der Waals surface area contributed by atoms with Gasteiger partial charge in [0, 0.05) is 34.7 Å². The van der Waals surface area contributed by atoms with E-state index < -0.39 is 0 Å². The third kappa shape index (κ3) is 3.14. The molecule has 180 valence electrons. The fraction of sp³-hybridized carbons (Fsp3) is 0. The van der Waals surface area contributed by atoms with Gasteiger partial charge in [-0.1, -0.05) is 36.4 Å². The number of hydrogen-bond donors (Lipinski definition) is 0. The van der Waals surface area contributed by atoms with Crippen LogP contribution in [0.4, 0.5) is 0 Å². The van der Waals surface area contributed by atoms with Crippen LogP contribution in [0.3, 0.4) is 0 Å². The molecule has 0 saturated heterocycles. The number of fused-ring (bicyclic) bond motifs is 8. The van der Waals surface area contributed by atoms with Crippen LogP contribution in [0.5, 0.6) is 23.0 Å². The van der Waals surface area contributed by atoms with Gasteiger partial charge in [-0.25, -0.2) is 9.67 Å². The zero-order valence-corrected chi connectivity index (χ0v) is 20.2. The monoisotopic (exact) mass is 492 g/mol. The molecule has 8 rings (SSSR count). The smallest absolute Gasteiger partial charge is 0.153 e. The predicted molar refractivity (Wildman–Crippen MR) is 148 cm³/mol. The molecule has 0 saturated carbocycles. The average Bonchev–Trinajstić information content (AvgIpc) is 3.54. The summed E-state index contributed by atoms with van der Waals surface area (Å²) in [6.07, 6.45) is 3.62.